The minimum Gasteiger partial charge on any atom is -0.467 e. The molecule has 122 valence electrons. The number of anilines is 1. The van der Waals surface area contributed by atoms with E-state index in [4.69, 9.17) is 4.42 Å². The number of aromatic nitrogens is 2. The Morgan fingerprint density at radius 1 is 1.42 bits per heavy atom. The highest BCUT2D eigenvalue weighted by atomic mass is 79.9. The molecule has 0 saturated heterocycles. The van der Waals surface area contributed by atoms with Crippen molar-refractivity contribution in [2.24, 2.45) is 0 Å². The number of furan rings is 1. The lowest BCUT2D eigenvalue weighted by Crippen LogP contribution is -2.25. The highest BCUT2D eigenvalue weighted by Gasteiger charge is 2.30. The third-order valence-electron chi connectivity index (χ3n) is 4.12. The molecule has 0 radical (unpaired) electrons. The number of hydrogen-bond donors (Lipinski definition) is 1. The number of hydrogen-bond acceptors (Lipinski definition) is 3. The van der Waals surface area contributed by atoms with Crippen LogP contribution >= 0.6 is 15.9 Å². The predicted molar refractivity (Wildman–Crippen MR) is 89.2 cm³/mol. The van der Waals surface area contributed by atoms with Crippen LogP contribution in [0, 0.1) is 5.82 Å². The van der Waals surface area contributed by atoms with Gasteiger partial charge < -0.3 is 9.73 Å². The van der Waals surface area contributed by atoms with E-state index in [9.17, 15) is 9.18 Å². The third-order valence-corrected chi connectivity index (χ3v) is 4.73. The molecule has 4 rings (SSSR count). The van der Waals surface area contributed by atoms with Crippen molar-refractivity contribution in [3.63, 3.8) is 0 Å². The lowest BCUT2D eigenvalue weighted by Gasteiger charge is -2.24. The molecular weight excluding hydrogens is 377 g/mol. The Morgan fingerprint density at radius 3 is 3.04 bits per heavy atom. The highest BCUT2D eigenvalue weighted by molar-refractivity contribution is 9.10. The van der Waals surface area contributed by atoms with E-state index in [-0.39, 0.29) is 17.6 Å². The molecule has 1 aliphatic heterocycles. The summed E-state index contributed by atoms with van der Waals surface area (Å²) in [6.07, 6.45) is 3.65. The van der Waals surface area contributed by atoms with Crippen LogP contribution < -0.4 is 5.32 Å². The molecule has 1 aromatic carbocycles. The lowest BCUT2D eigenvalue weighted by molar-refractivity contribution is -0.116. The van der Waals surface area contributed by atoms with Crippen LogP contribution in [0.1, 0.15) is 29.2 Å². The van der Waals surface area contributed by atoms with Crippen molar-refractivity contribution in [1.82, 2.24) is 9.78 Å². The van der Waals surface area contributed by atoms with Gasteiger partial charge in [0.25, 0.3) is 0 Å². The van der Waals surface area contributed by atoms with Crippen molar-refractivity contribution < 1.29 is 13.6 Å². The lowest BCUT2D eigenvalue weighted by atomic mass is 9.87. The summed E-state index contributed by atoms with van der Waals surface area (Å²) < 4.78 is 20.9. The van der Waals surface area contributed by atoms with Gasteiger partial charge in [0.05, 0.1) is 16.9 Å². The second-order valence-corrected chi connectivity index (χ2v) is 6.52. The molecule has 0 fully saturated rings. The van der Waals surface area contributed by atoms with E-state index >= 15 is 0 Å². The Kier molecular flexibility index (Phi) is 3.72. The van der Waals surface area contributed by atoms with Crippen molar-refractivity contribution in [2.45, 2.75) is 18.9 Å². The number of amides is 1. The highest BCUT2D eigenvalue weighted by Crippen LogP contribution is 2.38. The predicted octanol–water partition coefficient (Wildman–Crippen LogP) is 3.90. The van der Waals surface area contributed by atoms with Gasteiger partial charge in [-0.2, -0.15) is 5.10 Å². The Bertz CT molecular complexity index is 905. The van der Waals surface area contributed by atoms with Gasteiger partial charge in [-0.15, -0.1) is 0 Å². The van der Waals surface area contributed by atoms with Gasteiger partial charge in [0.15, 0.2) is 0 Å². The van der Waals surface area contributed by atoms with E-state index in [0.29, 0.717) is 23.3 Å². The first-order valence-corrected chi connectivity index (χ1v) is 8.24. The topological polar surface area (TPSA) is 60.1 Å². The average molecular weight is 390 g/mol. The summed E-state index contributed by atoms with van der Waals surface area (Å²) in [7, 11) is 0. The summed E-state index contributed by atoms with van der Waals surface area (Å²) in [6, 6.07) is 8.48. The van der Waals surface area contributed by atoms with Gasteiger partial charge in [-0.25, -0.2) is 9.07 Å². The number of carbonyl (C=O) groups is 1. The normalized spacial score (nSPS) is 16.8. The number of halogens is 2. The van der Waals surface area contributed by atoms with Crippen LogP contribution in [0.4, 0.5) is 10.2 Å². The summed E-state index contributed by atoms with van der Waals surface area (Å²) >= 11 is 3.20. The van der Waals surface area contributed by atoms with Gasteiger partial charge in [-0.1, -0.05) is 6.07 Å². The van der Waals surface area contributed by atoms with Crippen molar-refractivity contribution in [1.29, 1.82) is 0 Å². The average Bonchev–Trinajstić information content (AvgIpc) is 3.20. The van der Waals surface area contributed by atoms with Gasteiger partial charge in [-0.3, -0.25) is 4.79 Å². The third kappa shape index (κ3) is 2.65. The van der Waals surface area contributed by atoms with Gasteiger partial charge in [0.1, 0.15) is 23.9 Å². The van der Waals surface area contributed by atoms with Crippen molar-refractivity contribution in [3.8, 4) is 0 Å². The first kappa shape index (κ1) is 15.1. The number of carbonyl (C=O) groups excluding carboxylic acids is 1. The molecular formula is C17H13BrFN3O2. The maximum Gasteiger partial charge on any atom is 0.226 e. The van der Waals surface area contributed by atoms with E-state index in [1.807, 2.05) is 12.1 Å². The van der Waals surface area contributed by atoms with Crippen molar-refractivity contribution >= 4 is 27.7 Å². The molecule has 0 bridgehead atoms. The number of rotatable bonds is 3. The fourth-order valence-corrected chi connectivity index (χ4v) is 3.36. The summed E-state index contributed by atoms with van der Waals surface area (Å²) in [5.74, 6) is 0.841. The number of nitrogens with zero attached hydrogens (tertiary/aromatic N) is 2. The fraction of sp³-hybridized carbons (Fsp3) is 0.176. The van der Waals surface area contributed by atoms with E-state index in [2.05, 4.69) is 26.3 Å². The maximum atomic E-state index is 13.5. The summed E-state index contributed by atoms with van der Waals surface area (Å²) in [6.45, 7) is 0.433. The molecule has 0 spiro atoms. The summed E-state index contributed by atoms with van der Waals surface area (Å²) in [5, 5.41) is 7.26. The van der Waals surface area contributed by atoms with Crippen LogP contribution in [0.15, 0.2) is 51.7 Å². The number of benzene rings is 1. The van der Waals surface area contributed by atoms with Gasteiger partial charge in [0, 0.05) is 17.9 Å². The SMILES string of the molecule is O=C1CC(c2ccc(F)c(Br)c2)c2cnn(Cc3ccco3)c2N1. The van der Waals surface area contributed by atoms with E-state index in [1.54, 1.807) is 29.3 Å². The molecule has 2 aromatic heterocycles. The first-order valence-electron chi connectivity index (χ1n) is 7.44. The van der Waals surface area contributed by atoms with Crippen molar-refractivity contribution in [3.05, 3.63) is 70.0 Å². The van der Waals surface area contributed by atoms with Crippen LogP contribution in [-0.4, -0.2) is 15.7 Å². The second kappa shape index (κ2) is 5.90. The molecule has 5 nitrogen and oxygen atoms in total. The monoisotopic (exact) mass is 389 g/mol. The summed E-state index contributed by atoms with van der Waals surface area (Å²) in [5.41, 5.74) is 1.79. The molecule has 0 saturated carbocycles. The minimum atomic E-state index is -0.326. The van der Waals surface area contributed by atoms with E-state index in [1.165, 1.54) is 6.07 Å². The zero-order valence-corrected chi connectivity index (χ0v) is 14.1. The van der Waals surface area contributed by atoms with Crippen LogP contribution in [0.5, 0.6) is 0 Å². The van der Waals surface area contributed by atoms with Crippen LogP contribution in [0.25, 0.3) is 0 Å². The minimum absolute atomic E-state index is 0.0888. The fourth-order valence-electron chi connectivity index (χ4n) is 2.97. The van der Waals surface area contributed by atoms with Crippen LogP contribution in [0.3, 0.4) is 0 Å². The smallest absolute Gasteiger partial charge is 0.226 e. The molecule has 24 heavy (non-hydrogen) atoms. The zero-order valence-electron chi connectivity index (χ0n) is 12.5. The Labute approximate surface area is 145 Å². The standard InChI is InChI=1S/C17H13BrFN3O2/c18-14-6-10(3-4-15(14)19)12-7-16(23)21-17-13(12)8-20-22(17)9-11-2-1-5-24-11/h1-6,8,12H,7,9H2,(H,21,23). The van der Waals surface area contributed by atoms with Crippen LogP contribution in [0.2, 0.25) is 0 Å². The molecule has 1 unspecified atom stereocenters. The number of fused-ring (bicyclic) bond motifs is 1. The molecule has 1 amide bonds. The molecule has 7 heteroatoms. The zero-order chi connectivity index (χ0) is 16.7. The first-order chi connectivity index (χ1) is 11.6. The van der Waals surface area contributed by atoms with Crippen LogP contribution in [-0.2, 0) is 11.3 Å². The Morgan fingerprint density at radius 2 is 2.29 bits per heavy atom. The quantitative estimate of drug-likeness (QED) is 0.738. The van der Waals surface area contributed by atoms with Crippen molar-refractivity contribution in [2.75, 3.05) is 5.32 Å². The Balaban J connectivity index is 1.73. The number of nitrogens with one attached hydrogen (secondary N) is 1. The molecule has 1 atom stereocenters. The largest absolute Gasteiger partial charge is 0.467 e. The summed E-state index contributed by atoms with van der Waals surface area (Å²) in [4.78, 5) is 12.2. The van der Waals surface area contributed by atoms with Gasteiger partial charge in [0.2, 0.25) is 5.91 Å². The molecule has 1 aliphatic rings. The molecule has 1 N–H and O–H groups in total. The Hall–Kier alpha value is -2.41. The molecule has 3 heterocycles. The maximum absolute atomic E-state index is 13.5. The van der Waals surface area contributed by atoms with E-state index < -0.39 is 0 Å². The van der Waals surface area contributed by atoms with Gasteiger partial charge >= 0.3 is 0 Å². The molecule has 3 aromatic rings. The molecule has 0 aliphatic carbocycles. The van der Waals surface area contributed by atoms with E-state index in [0.717, 1.165) is 16.9 Å². The second-order valence-electron chi connectivity index (χ2n) is 5.66. The van der Waals surface area contributed by atoms with Gasteiger partial charge in [-0.05, 0) is 45.8 Å².